The molecule has 0 aromatic heterocycles. The molecule has 9 heteroatoms. The lowest BCUT2D eigenvalue weighted by Gasteiger charge is -2.17. The molecule has 1 amide bonds. The van der Waals surface area contributed by atoms with Crippen LogP contribution in [-0.2, 0) is 16.6 Å². The van der Waals surface area contributed by atoms with Gasteiger partial charge in [0.25, 0.3) is 0 Å². The van der Waals surface area contributed by atoms with Crippen molar-refractivity contribution in [2.45, 2.75) is 31.0 Å². The normalized spacial score (nSPS) is 15.5. The lowest BCUT2D eigenvalue weighted by Crippen LogP contribution is -2.22. The summed E-state index contributed by atoms with van der Waals surface area (Å²) in [6, 6.07) is 15.5. The van der Waals surface area contributed by atoms with Crippen LogP contribution >= 0.6 is 0 Å². The predicted molar refractivity (Wildman–Crippen MR) is 123 cm³/mol. The largest absolute Gasteiger partial charge is 0.573 e. The fourth-order valence-electron chi connectivity index (χ4n) is 4.37. The molecule has 1 saturated carbocycles. The second-order valence-corrected chi connectivity index (χ2v) is 8.57. The van der Waals surface area contributed by atoms with Crippen LogP contribution in [-0.4, -0.2) is 24.8 Å². The van der Waals surface area contributed by atoms with E-state index in [1.807, 2.05) is 12.1 Å². The lowest BCUT2D eigenvalue weighted by molar-refractivity contribution is -0.274. The second kappa shape index (κ2) is 8.33. The van der Waals surface area contributed by atoms with Crippen LogP contribution in [0.4, 0.5) is 13.2 Å². The van der Waals surface area contributed by atoms with Crippen LogP contribution in [0.5, 0.6) is 17.2 Å². The minimum absolute atomic E-state index is 0. The van der Waals surface area contributed by atoms with Gasteiger partial charge in [0.15, 0.2) is 11.5 Å². The summed E-state index contributed by atoms with van der Waals surface area (Å²) in [6.07, 6.45) is -3.55. The molecule has 0 atom stereocenters. The van der Waals surface area contributed by atoms with Crippen LogP contribution in [0.3, 0.4) is 0 Å². The number of alkyl halides is 3. The smallest absolute Gasteiger partial charge is 0.454 e. The zero-order valence-electron chi connectivity index (χ0n) is 18.4. The molecule has 0 unspecified atom stereocenters. The molecule has 3 aromatic carbocycles. The molecular weight excluding hydrogens is 463 g/mol. The Morgan fingerprint density at radius 1 is 1.00 bits per heavy atom. The molecule has 2 aliphatic rings. The predicted octanol–water partition coefficient (Wildman–Crippen LogP) is 5.42. The van der Waals surface area contributed by atoms with Gasteiger partial charge in [-0.2, -0.15) is 0 Å². The zero-order valence-corrected chi connectivity index (χ0v) is 18.4. The average Bonchev–Trinajstić information content (AvgIpc) is 3.50. The number of hydrogen-bond acceptors (Lipinski definition) is 5. The van der Waals surface area contributed by atoms with E-state index < -0.39 is 23.4 Å². The Balaban J connectivity index is 0.00000190. The number of fused-ring (bicyclic) bond motifs is 1. The number of ether oxygens (including phenoxy) is 3. The molecule has 0 spiro atoms. The van der Waals surface area contributed by atoms with Crippen molar-refractivity contribution in [2.24, 2.45) is 5.73 Å². The van der Waals surface area contributed by atoms with Crippen LogP contribution < -0.4 is 19.9 Å². The number of amides is 1. The Morgan fingerprint density at radius 3 is 2.49 bits per heavy atom. The summed E-state index contributed by atoms with van der Waals surface area (Å²) < 4.78 is 54.1. The van der Waals surface area contributed by atoms with Crippen LogP contribution in [0, 0.1) is 0 Å². The monoisotopic (exact) mass is 487 g/mol. The van der Waals surface area contributed by atoms with Crippen LogP contribution in [0.25, 0.3) is 11.1 Å². The molecule has 3 aromatic rings. The van der Waals surface area contributed by atoms with E-state index in [2.05, 4.69) is 4.74 Å². The first-order valence-corrected chi connectivity index (χ1v) is 10.9. The van der Waals surface area contributed by atoms with Crippen molar-refractivity contribution >= 4 is 11.7 Å². The highest BCUT2D eigenvalue weighted by molar-refractivity contribution is 5.96. The standard InChI is InChI=1S/C26H20F3NO5.2H2/c27-26(28,29)35-20-6-4-15(10-19(20)16-2-1-3-17(12-16)24(30)32)11-23(31)25(8-9-25)18-5-7-21-22(13-18)34-14-33-21;;/h1-7,10,12-13H,8-9,11,14H2,(H2,30,32);2*1H. The van der Waals surface area contributed by atoms with Gasteiger partial charge in [-0.15, -0.1) is 13.2 Å². The minimum Gasteiger partial charge on any atom is -0.454 e. The van der Waals surface area contributed by atoms with Crippen molar-refractivity contribution in [2.75, 3.05) is 6.79 Å². The number of carbonyl (C=O) groups excluding carboxylic acids is 2. The van der Waals surface area contributed by atoms with E-state index in [1.54, 1.807) is 12.1 Å². The molecular formula is C26H24F3NO5. The van der Waals surface area contributed by atoms with Crippen LogP contribution in [0.2, 0.25) is 0 Å². The third-order valence-electron chi connectivity index (χ3n) is 6.30. The van der Waals surface area contributed by atoms with Gasteiger partial charge in [0.2, 0.25) is 12.7 Å². The number of carbonyl (C=O) groups is 2. The van der Waals surface area contributed by atoms with Crippen LogP contribution in [0.1, 0.15) is 37.2 Å². The Hall–Kier alpha value is -4.01. The Bertz CT molecular complexity index is 1340. The van der Waals surface area contributed by atoms with Gasteiger partial charge in [-0.3, -0.25) is 9.59 Å². The maximum absolute atomic E-state index is 13.4. The number of benzene rings is 3. The Labute approximate surface area is 201 Å². The molecule has 0 bridgehead atoms. The number of rotatable bonds is 7. The maximum atomic E-state index is 13.4. The number of nitrogens with two attached hydrogens (primary N) is 1. The highest BCUT2D eigenvalue weighted by Crippen LogP contribution is 2.51. The van der Waals surface area contributed by atoms with Gasteiger partial charge in [-0.1, -0.05) is 24.3 Å². The summed E-state index contributed by atoms with van der Waals surface area (Å²) in [5.41, 5.74) is 6.58. The van der Waals surface area contributed by atoms with Crippen molar-refractivity contribution in [3.63, 3.8) is 0 Å². The van der Waals surface area contributed by atoms with Gasteiger partial charge in [0, 0.05) is 20.4 Å². The van der Waals surface area contributed by atoms with E-state index in [0.717, 1.165) is 5.56 Å². The Kier molecular flexibility index (Phi) is 5.42. The van der Waals surface area contributed by atoms with Crippen molar-refractivity contribution in [3.05, 3.63) is 77.4 Å². The van der Waals surface area contributed by atoms with E-state index in [9.17, 15) is 22.8 Å². The molecule has 5 rings (SSSR count). The molecule has 1 aliphatic heterocycles. The molecule has 1 aliphatic carbocycles. The lowest BCUT2D eigenvalue weighted by atomic mass is 9.87. The number of ketones is 1. The van der Waals surface area contributed by atoms with E-state index >= 15 is 0 Å². The number of Topliss-reactive ketones (excluding diaryl/α,β-unsaturated/α-hetero) is 1. The SMILES string of the molecule is NC(=O)c1cccc(-c2cc(CC(=O)C3(c4ccc5c(c4)OCO5)CC3)ccc2OC(F)(F)F)c1.[HH].[HH]. The zero-order chi connectivity index (χ0) is 24.8. The minimum atomic E-state index is -4.91. The average molecular weight is 487 g/mol. The first kappa shape index (κ1) is 22.8. The fraction of sp³-hybridized carbons (Fsp3) is 0.231. The molecule has 2 N–H and O–H groups in total. The number of primary amides is 1. The summed E-state index contributed by atoms with van der Waals surface area (Å²) in [5, 5.41) is 0. The van der Waals surface area contributed by atoms with Gasteiger partial charge >= 0.3 is 6.36 Å². The van der Waals surface area contributed by atoms with Crippen molar-refractivity contribution in [1.82, 2.24) is 0 Å². The highest BCUT2D eigenvalue weighted by Gasteiger charge is 2.50. The number of halogens is 3. The van der Waals surface area contributed by atoms with E-state index in [1.165, 1.54) is 36.4 Å². The first-order chi connectivity index (χ1) is 16.6. The molecule has 1 fully saturated rings. The van der Waals surface area contributed by atoms with Crippen LogP contribution in [0.15, 0.2) is 60.7 Å². The third kappa shape index (κ3) is 4.53. The summed E-state index contributed by atoms with van der Waals surface area (Å²) in [5.74, 6) is 0.0210. The third-order valence-corrected chi connectivity index (χ3v) is 6.30. The molecule has 184 valence electrons. The first-order valence-electron chi connectivity index (χ1n) is 10.9. The van der Waals surface area contributed by atoms with Crippen molar-refractivity contribution in [1.29, 1.82) is 0 Å². The van der Waals surface area contributed by atoms with E-state index in [4.69, 9.17) is 15.2 Å². The van der Waals surface area contributed by atoms with Crippen molar-refractivity contribution < 1.29 is 39.8 Å². The van der Waals surface area contributed by atoms with Gasteiger partial charge in [0.05, 0.1) is 5.41 Å². The molecule has 1 heterocycles. The summed E-state index contributed by atoms with van der Waals surface area (Å²) in [6.45, 7) is 0.131. The number of hydrogen-bond donors (Lipinski definition) is 1. The van der Waals surface area contributed by atoms with E-state index in [-0.39, 0.29) is 33.0 Å². The fourth-order valence-corrected chi connectivity index (χ4v) is 4.37. The summed E-state index contributed by atoms with van der Waals surface area (Å²) >= 11 is 0. The Morgan fingerprint density at radius 2 is 1.77 bits per heavy atom. The van der Waals surface area contributed by atoms with Gasteiger partial charge in [-0.05, 0) is 65.9 Å². The highest BCUT2D eigenvalue weighted by atomic mass is 19.4. The summed E-state index contributed by atoms with van der Waals surface area (Å²) in [7, 11) is 0. The second-order valence-electron chi connectivity index (χ2n) is 8.57. The van der Waals surface area contributed by atoms with E-state index in [0.29, 0.717) is 35.5 Å². The van der Waals surface area contributed by atoms with Gasteiger partial charge < -0.3 is 19.9 Å². The van der Waals surface area contributed by atoms with Crippen molar-refractivity contribution in [3.8, 4) is 28.4 Å². The molecule has 35 heavy (non-hydrogen) atoms. The quantitative estimate of drug-likeness (QED) is 0.481. The summed E-state index contributed by atoms with van der Waals surface area (Å²) in [4.78, 5) is 24.9. The molecule has 6 nitrogen and oxygen atoms in total. The van der Waals surface area contributed by atoms with Gasteiger partial charge in [0.1, 0.15) is 11.5 Å². The van der Waals surface area contributed by atoms with Gasteiger partial charge in [-0.25, -0.2) is 0 Å². The molecule has 0 saturated heterocycles. The topological polar surface area (TPSA) is 87.9 Å². The maximum Gasteiger partial charge on any atom is 0.573 e. The molecule has 0 radical (unpaired) electrons.